The number of nitrogen functional groups attached to an aromatic ring is 1. The predicted octanol–water partition coefficient (Wildman–Crippen LogP) is 2.23. The van der Waals surface area contributed by atoms with E-state index < -0.39 is 0 Å². The van der Waals surface area contributed by atoms with Crippen molar-refractivity contribution in [3.63, 3.8) is 0 Å². The molecule has 0 saturated carbocycles. The van der Waals surface area contributed by atoms with Crippen LogP contribution < -0.4 is 5.73 Å². The highest BCUT2D eigenvalue weighted by molar-refractivity contribution is 7.10. The minimum atomic E-state index is -0.00162. The first-order chi connectivity index (χ1) is 9.16. The number of amides is 1. The zero-order valence-electron chi connectivity index (χ0n) is 10.7. The second-order valence-corrected chi connectivity index (χ2v) is 5.56. The monoisotopic (exact) mass is 273 g/mol. The van der Waals surface area contributed by atoms with Crippen LogP contribution in [0.1, 0.15) is 27.2 Å². The zero-order chi connectivity index (χ0) is 13.4. The fraction of sp³-hybridized carbons (Fsp3) is 0.286. The highest BCUT2D eigenvalue weighted by Gasteiger charge is 2.25. The lowest BCUT2D eigenvalue weighted by Gasteiger charge is -2.28. The van der Waals surface area contributed by atoms with Gasteiger partial charge >= 0.3 is 0 Å². The van der Waals surface area contributed by atoms with Crippen molar-refractivity contribution in [3.05, 3.63) is 46.6 Å². The SMILES string of the molecule is Cc1nsc(N)c1C(=O)N1CCc2ccccc2C1. The van der Waals surface area contributed by atoms with Crippen LogP contribution in [0.5, 0.6) is 0 Å². The highest BCUT2D eigenvalue weighted by atomic mass is 32.1. The molecule has 1 aliphatic rings. The number of nitrogens with zero attached hydrogens (tertiary/aromatic N) is 2. The molecule has 0 radical (unpaired) electrons. The van der Waals surface area contributed by atoms with Crippen molar-refractivity contribution in [2.75, 3.05) is 12.3 Å². The molecule has 2 heterocycles. The number of rotatable bonds is 1. The molecule has 0 atom stereocenters. The summed E-state index contributed by atoms with van der Waals surface area (Å²) in [5.41, 5.74) is 9.71. The van der Waals surface area contributed by atoms with E-state index in [9.17, 15) is 4.79 Å². The first-order valence-corrected chi connectivity index (χ1v) is 7.02. The van der Waals surface area contributed by atoms with E-state index in [2.05, 4.69) is 16.5 Å². The summed E-state index contributed by atoms with van der Waals surface area (Å²) in [7, 11) is 0. The Kier molecular flexibility index (Phi) is 2.98. The number of carbonyl (C=O) groups excluding carboxylic acids is 1. The first kappa shape index (κ1) is 12.2. The molecule has 1 aliphatic heterocycles. The van der Waals surface area contributed by atoms with E-state index in [1.165, 1.54) is 22.7 Å². The quantitative estimate of drug-likeness (QED) is 0.866. The molecular formula is C14H15N3OS. The van der Waals surface area contributed by atoms with Gasteiger partial charge in [-0.3, -0.25) is 4.79 Å². The van der Waals surface area contributed by atoms with Gasteiger partial charge in [0.2, 0.25) is 0 Å². The summed E-state index contributed by atoms with van der Waals surface area (Å²) in [5.74, 6) is -0.00162. The van der Waals surface area contributed by atoms with Crippen molar-refractivity contribution in [2.45, 2.75) is 19.9 Å². The van der Waals surface area contributed by atoms with Gasteiger partial charge in [0, 0.05) is 13.1 Å². The third-order valence-electron chi connectivity index (χ3n) is 3.52. The van der Waals surface area contributed by atoms with Gasteiger partial charge in [-0.15, -0.1) is 0 Å². The molecule has 0 spiro atoms. The summed E-state index contributed by atoms with van der Waals surface area (Å²) >= 11 is 1.19. The van der Waals surface area contributed by atoms with Gasteiger partial charge < -0.3 is 10.6 Å². The molecular weight excluding hydrogens is 258 g/mol. The average Bonchev–Trinajstić information content (AvgIpc) is 2.77. The number of anilines is 1. The van der Waals surface area contributed by atoms with E-state index in [0.29, 0.717) is 17.1 Å². The van der Waals surface area contributed by atoms with Crippen molar-refractivity contribution >= 4 is 22.4 Å². The number of aromatic nitrogens is 1. The second kappa shape index (κ2) is 4.66. The summed E-state index contributed by atoms with van der Waals surface area (Å²) < 4.78 is 4.15. The number of fused-ring (bicyclic) bond motifs is 1. The molecule has 0 fully saturated rings. The van der Waals surface area contributed by atoms with E-state index in [4.69, 9.17) is 5.73 Å². The first-order valence-electron chi connectivity index (χ1n) is 6.24. The Morgan fingerprint density at radius 3 is 2.79 bits per heavy atom. The van der Waals surface area contributed by atoms with E-state index >= 15 is 0 Å². The molecule has 1 aromatic carbocycles. The van der Waals surface area contributed by atoms with Gasteiger partial charge in [0.25, 0.3) is 5.91 Å². The van der Waals surface area contributed by atoms with Gasteiger partial charge in [0.1, 0.15) is 5.00 Å². The van der Waals surface area contributed by atoms with Crippen LogP contribution in [0, 0.1) is 6.92 Å². The summed E-state index contributed by atoms with van der Waals surface area (Å²) in [6, 6.07) is 8.26. The maximum atomic E-state index is 12.5. The molecule has 2 N–H and O–H groups in total. The van der Waals surface area contributed by atoms with Crippen LogP contribution in [-0.4, -0.2) is 21.7 Å². The van der Waals surface area contributed by atoms with E-state index in [-0.39, 0.29) is 5.91 Å². The normalized spacial score (nSPS) is 14.3. The van der Waals surface area contributed by atoms with Crippen molar-refractivity contribution < 1.29 is 4.79 Å². The van der Waals surface area contributed by atoms with Gasteiger partial charge in [-0.1, -0.05) is 24.3 Å². The van der Waals surface area contributed by atoms with Crippen LogP contribution in [0.3, 0.4) is 0 Å². The lowest BCUT2D eigenvalue weighted by Crippen LogP contribution is -2.36. The van der Waals surface area contributed by atoms with Gasteiger partial charge in [-0.2, -0.15) is 4.37 Å². The van der Waals surface area contributed by atoms with Crippen LogP contribution in [0.25, 0.3) is 0 Å². The minimum Gasteiger partial charge on any atom is -0.389 e. The largest absolute Gasteiger partial charge is 0.389 e. The molecule has 1 amide bonds. The number of carbonyl (C=O) groups is 1. The van der Waals surface area contributed by atoms with Gasteiger partial charge in [-0.25, -0.2) is 0 Å². The van der Waals surface area contributed by atoms with Crippen LogP contribution in [0.15, 0.2) is 24.3 Å². The predicted molar refractivity (Wildman–Crippen MR) is 76.1 cm³/mol. The third-order valence-corrected chi connectivity index (χ3v) is 4.29. The zero-order valence-corrected chi connectivity index (χ0v) is 11.5. The molecule has 2 aromatic rings. The smallest absolute Gasteiger partial charge is 0.259 e. The number of hydrogen-bond acceptors (Lipinski definition) is 4. The van der Waals surface area contributed by atoms with Crippen LogP contribution >= 0.6 is 11.5 Å². The van der Waals surface area contributed by atoms with Crippen LogP contribution in [-0.2, 0) is 13.0 Å². The summed E-state index contributed by atoms with van der Waals surface area (Å²) in [4.78, 5) is 14.4. The van der Waals surface area contributed by atoms with Crippen molar-refractivity contribution in [1.82, 2.24) is 9.27 Å². The standard InChI is InChI=1S/C14H15N3OS/c1-9-12(13(15)19-16-9)14(18)17-7-6-10-4-2-3-5-11(10)8-17/h2-5H,6-8,15H2,1H3. The Morgan fingerprint density at radius 1 is 1.37 bits per heavy atom. The Morgan fingerprint density at radius 2 is 2.11 bits per heavy atom. The lowest BCUT2D eigenvalue weighted by molar-refractivity contribution is 0.0735. The van der Waals surface area contributed by atoms with Crippen LogP contribution in [0.2, 0.25) is 0 Å². The number of aryl methyl sites for hydroxylation is 1. The molecule has 3 rings (SSSR count). The van der Waals surface area contributed by atoms with Crippen molar-refractivity contribution in [2.24, 2.45) is 0 Å². The maximum Gasteiger partial charge on any atom is 0.259 e. The summed E-state index contributed by atoms with van der Waals surface area (Å²) in [6.45, 7) is 3.23. The topological polar surface area (TPSA) is 59.2 Å². The molecule has 19 heavy (non-hydrogen) atoms. The maximum absolute atomic E-state index is 12.5. The fourth-order valence-corrected chi connectivity index (χ4v) is 3.13. The molecule has 0 unspecified atom stereocenters. The average molecular weight is 273 g/mol. The number of benzene rings is 1. The number of nitrogens with two attached hydrogens (primary N) is 1. The third kappa shape index (κ3) is 2.10. The van der Waals surface area contributed by atoms with Crippen molar-refractivity contribution in [1.29, 1.82) is 0 Å². The molecule has 1 aromatic heterocycles. The highest BCUT2D eigenvalue weighted by Crippen LogP contribution is 2.25. The Bertz CT molecular complexity index is 616. The molecule has 98 valence electrons. The molecule has 0 aliphatic carbocycles. The Hall–Kier alpha value is -1.88. The fourth-order valence-electron chi connectivity index (χ4n) is 2.47. The van der Waals surface area contributed by atoms with Gasteiger partial charge in [-0.05, 0) is 36.0 Å². The minimum absolute atomic E-state index is 0.00162. The lowest BCUT2D eigenvalue weighted by atomic mass is 9.99. The summed E-state index contributed by atoms with van der Waals surface area (Å²) in [6.07, 6.45) is 0.901. The molecule has 0 bridgehead atoms. The van der Waals surface area contributed by atoms with Gasteiger partial charge in [0.15, 0.2) is 0 Å². The number of hydrogen-bond donors (Lipinski definition) is 1. The Balaban J connectivity index is 1.88. The van der Waals surface area contributed by atoms with Crippen LogP contribution in [0.4, 0.5) is 5.00 Å². The second-order valence-electron chi connectivity index (χ2n) is 4.75. The van der Waals surface area contributed by atoms with E-state index in [1.54, 1.807) is 0 Å². The Labute approximate surface area is 116 Å². The van der Waals surface area contributed by atoms with E-state index in [0.717, 1.165) is 18.7 Å². The van der Waals surface area contributed by atoms with E-state index in [1.807, 2.05) is 24.0 Å². The van der Waals surface area contributed by atoms with Gasteiger partial charge in [0.05, 0.1) is 11.3 Å². The molecule has 5 heteroatoms. The summed E-state index contributed by atoms with van der Waals surface area (Å²) in [5, 5.41) is 0.515. The van der Waals surface area contributed by atoms with Crippen molar-refractivity contribution in [3.8, 4) is 0 Å². The molecule has 0 saturated heterocycles. The molecule has 4 nitrogen and oxygen atoms in total.